The number of nitrogen functional groups attached to an aromatic ring is 1. The first-order valence-corrected chi connectivity index (χ1v) is 10.2. The zero-order chi connectivity index (χ0) is 22.1. The second kappa shape index (κ2) is 8.35. The van der Waals surface area contributed by atoms with E-state index in [0.717, 1.165) is 25.1 Å². The highest BCUT2D eigenvalue weighted by Gasteiger charge is 2.18. The molecule has 7 nitrogen and oxygen atoms in total. The van der Waals surface area contributed by atoms with Gasteiger partial charge in [-0.3, -0.25) is 4.79 Å². The number of rotatable bonds is 4. The second-order valence-corrected chi connectivity index (χ2v) is 8.19. The molecule has 0 unspecified atom stereocenters. The van der Waals surface area contributed by atoms with Crippen molar-refractivity contribution in [1.29, 1.82) is 0 Å². The SMILES string of the molecule is Cc1cc(-c2cnc(N)c(Oc3ccc(C(=O)N(C)C)cc3)n2)cc2c1CCN(C)C2. The standard InChI is InChI=1S/C24H27N5O2/c1-15-11-17(12-18-14-29(4)10-9-20(15)18)21-13-26-22(25)23(27-21)31-19-7-5-16(6-8-19)24(30)28(2)3/h5-8,11-13H,9-10,14H2,1-4H3,(H2,25,26). The maximum Gasteiger partial charge on any atom is 0.263 e. The maximum absolute atomic E-state index is 12.1. The van der Waals surface area contributed by atoms with Gasteiger partial charge in [-0.05, 0) is 73.5 Å². The number of carbonyl (C=O) groups is 1. The Morgan fingerprint density at radius 3 is 2.65 bits per heavy atom. The van der Waals surface area contributed by atoms with Gasteiger partial charge in [0.1, 0.15) is 5.75 Å². The Morgan fingerprint density at radius 1 is 1.19 bits per heavy atom. The molecule has 0 saturated heterocycles. The summed E-state index contributed by atoms with van der Waals surface area (Å²) < 4.78 is 5.89. The van der Waals surface area contributed by atoms with Crippen LogP contribution in [0.15, 0.2) is 42.6 Å². The molecule has 0 spiro atoms. The lowest BCUT2D eigenvalue weighted by molar-refractivity contribution is 0.0827. The van der Waals surface area contributed by atoms with Gasteiger partial charge in [0.05, 0.1) is 11.9 Å². The molecule has 0 aliphatic carbocycles. The molecule has 0 radical (unpaired) electrons. The monoisotopic (exact) mass is 417 g/mol. The molecule has 31 heavy (non-hydrogen) atoms. The Bertz CT molecular complexity index is 1130. The van der Waals surface area contributed by atoms with Gasteiger partial charge >= 0.3 is 0 Å². The van der Waals surface area contributed by atoms with Crippen LogP contribution in [0.1, 0.15) is 27.0 Å². The number of aryl methyl sites for hydroxylation is 1. The normalized spacial score (nSPS) is 13.5. The highest BCUT2D eigenvalue weighted by molar-refractivity contribution is 5.93. The zero-order valence-electron chi connectivity index (χ0n) is 18.3. The van der Waals surface area contributed by atoms with Gasteiger partial charge in [0.2, 0.25) is 0 Å². The number of hydrogen-bond donors (Lipinski definition) is 1. The van der Waals surface area contributed by atoms with E-state index in [1.807, 2.05) is 0 Å². The smallest absolute Gasteiger partial charge is 0.263 e. The quantitative estimate of drug-likeness (QED) is 0.699. The average Bonchev–Trinajstić information content (AvgIpc) is 2.74. The van der Waals surface area contributed by atoms with Crippen LogP contribution < -0.4 is 10.5 Å². The van der Waals surface area contributed by atoms with Gasteiger partial charge < -0.3 is 20.3 Å². The molecule has 1 aliphatic heterocycles. The van der Waals surface area contributed by atoms with Crippen molar-refractivity contribution in [3.63, 3.8) is 0 Å². The van der Waals surface area contributed by atoms with Crippen LogP contribution in [-0.2, 0) is 13.0 Å². The molecule has 1 amide bonds. The van der Waals surface area contributed by atoms with Crippen molar-refractivity contribution in [3.8, 4) is 22.9 Å². The first kappa shape index (κ1) is 20.8. The van der Waals surface area contributed by atoms with Gasteiger partial charge in [-0.2, -0.15) is 0 Å². The molecule has 2 N–H and O–H groups in total. The molecular weight excluding hydrogens is 390 g/mol. The summed E-state index contributed by atoms with van der Waals surface area (Å²) in [5.41, 5.74) is 12.3. The first-order chi connectivity index (χ1) is 14.8. The molecule has 0 bridgehead atoms. The van der Waals surface area contributed by atoms with Crippen LogP contribution in [0.4, 0.5) is 5.82 Å². The lowest BCUT2D eigenvalue weighted by Gasteiger charge is -2.27. The van der Waals surface area contributed by atoms with Crippen molar-refractivity contribution in [2.45, 2.75) is 19.9 Å². The van der Waals surface area contributed by atoms with E-state index >= 15 is 0 Å². The number of fused-ring (bicyclic) bond motifs is 1. The number of hydrogen-bond acceptors (Lipinski definition) is 6. The number of nitrogens with zero attached hydrogens (tertiary/aromatic N) is 4. The Balaban J connectivity index is 1.62. The number of nitrogens with two attached hydrogens (primary N) is 1. The molecule has 3 aromatic rings. The van der Waals surface area contributed by atoms with E-state index in [-0.39, 0.29) is 17.6 Å². The highest BCUT2D eigenvalue weighted by Crippen LogP contribution is 2.31. The van der Waals surface area contributed by atoms with Crippen LogP contribution in [-0.4, -0.2) is 53.4 Å². The number of carbonyl (C=O) groups excluding carboxylic acids is 1. The van der Waals surface area contributed by atoms with Crippen molar-refractivity contribution in [2.24, 2.45) is 0 Å². The topological polar surface area (TPSA) is 84.6 Å². The van der Waals surface area contributed by atoms with Crippen molar-refractivity contribution in [3.05, 3.63) is 64.8 Å². The fourth-order valence-corrected chi connectivity index (χ4v) is 3.84. The minimum Gasteiger partial charge on any atom is -0.436 e. The van der Waals surface area contributed by atoms with E-state index in [4.69, 9.17) is 10.5 Å². The number of benzene rings is 2. The largest absolute Gasteiger partial charge is 0.436 e. The lowest BCUT2D eigenvalue weighted by atomic mass is 9.92. The predicted octanol–water partition coefficient (Wildman–Crippen LogP) is 3.52. The number of likely N-dealkylation sites (N-methyl/N-ethyl adjacent to an activating group) is 1. The maximum atomic E-state index is 12.1. The third-order valence-corrected chi connectivity index (χ3v) is 5.53. The Hall–Kier alpha value is -3.45. The summed E-state index contributed by atoms with van der Waals surface area (Å²) in [6, 6.07) is 11.2. The van der Waals surface area contributed by atoms with Gasteiger partial charge in [-0.15, -0.1) is 0 Å². The number of ether oxygens (including phenoxy) is 1. The summed E-state index contributed by atoms with van der Waals surface area (Å²) in [7, 11) is 5.57. The Morgan fingerprint density at radius 2 is 1.94 bits per heavy atom. The van der Waals surface area contributed by atoms with E-state index in [9.17, 15) is 4.79 Å². The van der Waals surface area contributed by atoms with Crippen molar-refractivity contribution < 1.29 is 9.53 Å². The molecule has 1 aliphatic rings. The summed E-state index contributed by atoms with van der Waals surface area (Å²) >= 11 is 0. The molecular formula is C24H27N5O2. The summed E-state index contributed by atoms with van der Waals surface area (Å²) in [5.74, 6) is 0.932. The van der Waals surface area contributed by atoms with Gasteiger partial charge in [-0.25, -0.2) is 9.97 Å². The van der Waals surface area contributed by atoms with Gasteiger partial charge in [-0.1, -0.05) is 0 Å². The van der Waals surface area contributed by atoms with Crippen LogP contribution in [0.25, 0.3) is 11.3 Å². The molecule has 160 valence electrons. The molecule has 2 heterocycles. The summed E-state index contributed by atoms with van der Waals surface area (Å²) in [4.78, 5) is 24.8. The highest BCUT2D eigenvalue weighted by atomic mass is 16.5. The first-order valence-electron chi connectivity index (χ1n) is 10.2. The lowest BCUT2D eigenvalue weighted by Crippen LogP contribution is -2.27. The number of amides is 1. The second-order valence-electron chi connectivity index (χ2n) is 8.19. The van der Waals surface area contributed by atoms with Crippen LogP contribution in [0.2, 0.25) is 0 Å². The number of aromatic nitrogens is 2. The van der Waals surface area contributed by atoms with Crippen molar-refractivity contribution >= 4 is 11.7 Å². The van der Waals surface area contributed by atoms with Gasteiger partial charge in [0.25, 0.3) is 11.8 Å². The molecule has 1 aromatic heterocycles. The minimum absolute atomic E-state index is 0.0683. The van der Waals surface area contributed by atoms with Crippen molar-refractivity contribution in [1.82, 2.24) is 19.8 Å². The third-order valence-electron chi connectivity index (χ3n) is 5.53. The van der Waals surface area contributed by atoms with Crippen LogP contribution in [0.3, 0.4) is 0 Å². The average molecular weight is 418 g/mol. The van der Waals surface area contributed by atoms with E-state index in [1.165, 1.54) is 21.6 Å². The summed E-state index contributed by atoms with van der Waals surface area (Å²) in [5, 5.41) is 0. The van der Waals surface area contributed by atoms with Gasteiger partial charge in [0, 0.05) is 38.3 Å². The van der Waals surface area contributed by atoms with Crippen LogP contribution in [0, 0.1) is 6.92 Å². The van der Waals surface area contributed by atoms with E-state index < -0.39 is 0 Å². The molecule has 7 heteroatoms. The van der Waals surface area contributed by atoms with E-state index in [1.54, 1.807) is 44.6 Å². The van der Waals surface area contributed by atoms with Crippen LogP contribution in [0.5, 0.6) is 11.6 Å². The third kappa shape index (κ3) is 4.36. The van der Waals surface area contributed by atoms with Crippen LogP contribution >= 0.6 is 0 Å². The van der Waals surface area contributed by atoms with Crippen molar-refractivity contribution in [2.75, 3.05) is 33.4 Å². The van der Waals surface area contributed by atoms with Gasteiger partial charge in [0.15, 0.2) is 5.82 Å². The van der Waals surface area contributed by atoms with E-state index in [0.29, 0.717) is 17.0 Å². The summed E-state index contributed by atoms with van der Waals surface area (Å²) in [6.07, 6.45) is 2.74. The molecule has 0 fully saturated rings. The fraction of sp³-hybridized carbons (Fsp3) is 0.292. The Kier molecular flexibility index (Phi) is 5.61. The summed E-state index contributed by atoms with van der Waals surface area (Å²) in [6.45, 7) is 4.14. The minimum atomic E-state index is -0.0683. The fourth-order valence-electron chi connectivity index (χ4n) is 3.84. The molecule has 4 rings (SSSR count). The number of anilines is 1. The predicted molar refractivity (Wildman–Crippen MR) is 121 cm³/mol. The zero-order valence-corrected chi connectivity index (χ0v) is 18.3. The van der Waals surface area contributed by atoms with E-state index in [2.05, 4.69) is 41.0 Å². The molecule has 0 atom stereocenters. The molecule has 0 saturated carbocycles. The molecule has 2 aromatic carbocycles. The Labute approximate surface area is 182 Å².